The zero-order valence-electron chi connectivity index (χ0n) is 36.5. The van der Waals surface area contributed by atoms with Crippen LogP contribution in [0.15, 0.2) is 0 Å². The van der Waals surface area contributed by atoms with Gasteiger partial charge in [-0.15, -0.1) is 0 Å². The van der Waals surface area contributed by atoms with Crippen LogP contribution >= 0.6 is 11.8 Å². The van der Waals surface area contributed by atoms with Gasteiger partial charge in [-0.3, -0.25) is 9.59 Å². The number of unbranched alkanes of at least 4 members (excludes halogenated alkanes) is 32. The number of nitrogens with zero attached hydrogens (tertiary/aromatic N) is 1. The first-order valence-electron chi connectivity index (χ1n) is 23.8. The molecule has 1 unspecified atom stereocenters. The summed E-state index contributed by atoms with van der Waals surface area (Å²) in [6.07, 6.45) is 45.1. The van der Waals surface area contributed by atoms with Crippen LogP contribution in [0.2, 0.25) is 0 Å². The molecule has 0 heterocycles. The second-order valence-corrected chi connectivity index (χ2v) is 18.4. The van der Waals surface area contributed by atoms with E-state index < -0.39 is 21.5 Å². The summed E-state index contributed by atoms with van der Waals surface area (Å²) in [5, 5.41) is 11.4. The second kappa shape index (κ2) is 45.6. The predicted molar refractivity (Wildman–Crippen MR) is 236 cm³/mol. The summed E-state index contributed by atoms with van der Waals surface area (Å²) in [7, 11) is -3.17. The smallest absolute Gasteiger partial charge is 0.465 e. The molecule has 0 saturated heterocycles. The van der Waals surface area contributed by atoms with Crippen molar-refractivity contribution in [3.8, 4) is 5.40 Å². The summed E-state index contributed by atoms with van der Waals surface area (Å²) in [5.41, 5.74) is 0. The van der Waals surface area contributed by atoms with Crippen molar-refractivity contribution >= 4 is 33.2 Å². The Morgan fingerprint density at radius 2 is 0.764 bits per heavy atom. The van der Waals surface area contributed by atoms with Gasteiger partial charge in [0.25, 0.3) is 11.9 Å². The van der Waals surface area contributed by atoms with Crippen molar-refractivity contribution in [2.45, 2.75) is 270 Å². The molecular weight excluding hydrogens is 723 g/mol. The SMILES string of the molecule is CCCCCCCCCCCCCCCCCC(=O)O[SiH](OOCC(CCCCCCC)SC#N)OC(=O)CCCCCCCCCCCCCCCCC. The highest BCUT2D eigenvalue weighted by atomic mass is 32.2. The van der Waals surface area contributed by atoms with Crippen molar-refractivity contribution in [1.82, 2.24) is 0 Å². The highest BCUT2D eigenvalue weighted by Crippen LogP contribution is 2.20. The Kier molecular flexibility index (Phi) is 44.7. The number of hydrogen-bond acceptors (Lipinski definition) is 8. The van der Waals surface area contributed by atoms with E-state index in [0.29, 0.717) is 0 Å². The Bertz CT molecular complexity index is 811. The van der Waals surface area contributed by atoms with Gasteiger partial charge in [-0.2, -0.15) is 5.26 Å². The van der Waals surface area contributed by atoms with Crippen LogP contribution in [-0.4, -0.2) is 33.3 Å². The van der Waals surface area contributed by atoms with E-state index in [9.17, 15) is 14.9 Å². The Balaban J connectivity index is 4.37. The van der Waals surface area contributed by atoms with Gasteiger partial charge in [0.2, 0.25) is 0 Å². The fourth-order valence-electron chi connectivity index (χ4n) is 7.07. The molecule has 0 aliphatic rings. The fraction of sp³-hybridized carbons (Fsp3) is 0.935. The molecule has 0 amide bonds. The van der Waals surface area contributed by atoms with Crippen molar-refractivity contribution in [1.29, 1.82) is 5.26 Å². The molecule has 0 spiro atoms. The molecule has 7 nitrogen and oxygen atoms in total. The van der Waals surface area contributed by atoms with E-state index in [1.807, 2.05) is 0 Å². The van der Waals surface area contributed by atoms with E-state index in [2.05, 4.69) is 26.2 Å². The molecule has 0 aliphatic carbocycles. The first kappa shape index (κ1) is 53.9. The Labute approximate surface area is 347 Å². The number of carbonyl (C=O) groups is 2. The highest BCUT2D eigenvalue weighted by Gasteiger charge is 2.27. The fourth-order valence-corrected chi connectivity index (χ4v) is 8.61. The highest BCUT2D eigenvalue weighted by molar-refractivity contribution is 8.04. The molecule has 324 valence electrons. The predicted octanol–water partition coefficient (Wildman–Crippen LogP) is 15.2. The minimum absolute atomic E-state index is 0.0479. The van der Waals surface area contributed by atoms with Gasteiger partial charge in [-0.25, -0.2) is 9.46 Å². The maximum atomic E-state index is 12.7. The topological polar surface area (TPSA) is 94.9 Å². The van der Waals surface area contributed by atoms with Crippen molar-refractivity contribution in [3.05, 3.63) is 0 Å². The Hall–Kier alpha value is -1.08. The van der Waals surface area contributed by atoms with E-state index >= 15 is 0 Å². The van der Waals surface area contributed by atoms with Crippen LogP contribution in [0.4, 0.5) is 0 Å². The van der Waals surface area contributed by atoms with Crippen molar-refractivity contribution in [2.24, 2.45) is 0 Å². The average Bonchev–Trinajstić information content (AvgIpc) is 3.17. The Morgan fingerprint density at radius 3 is 1.07 bits per heavy atom. The van der Waals surface area contributed by atoms with Crippen LogP contribution in [0.3, 0.4) is 0 Å². The molecule has 0 aromatic heterocycles. The van der Waals surface area contributed by atoms with Gasteiger partial charge in [-0.05, 0) is 31.0 Å². The third kappa shape index (κ3) is 42.3. The molecule has 0 saturated carbocycles. The van der Waals surface area contributed by atoms with Gasteiger partial charge >= 0.3 is 9.53 Å². The van der Waals surface area contributed by atoms with E-state index in [0.717, 1.165) is 57.8 Å². The molecule has 0 aromatic carbocycles. The number of carbonyl (C=O) groups excluding carboxylic acids is 2. The molecule has 0 radical (unpaired) electrons. The van der Waals surface area contributed by atoms with Crippen LogP contribution in [0.1, 0.15) is 265 Å². The molecule has 1 atom stereocenters. The zero-order valence-corrected chi connectivity index (χ0v) is 38.5. The monoisotopic (exact) mass is 812 g/mol. The maximum absolute atomic E-state index is 12.7. The van der Waals surface area contributed by atoms with E-state index in [1.54, 1.807) is 0 Å². The Morgan fingerprint density at radius 1 is 0.473 bits per heavy atom. The van der Waals surface area contributed by atoms with Gasteiger partial charge < -0.3 is 8.85 Å². The molecule has 9 heteroatoms. The van der Waals surface area contributed by atoms with E-state index in [1.165, 1.54) is 185 Å². The summed E-state index contributed by atoms with van der Waals surface area (Å²) in [5.74, 6) is -0.790. The van der Waals surface area contributed by atoms with Gasteiger partial charge in [-0.1, -0.05) is 233 Å². The molecular formula is C46H89NO6SSi. The number of hydrogen-bond donors (Lipinski definition) is 0. The van der Waals surface area contributed by atoms with Gasteiger partial charge in [0.15, 0.2) is 0 Å². The third-order valence-electron chi connectivity index (χ3n) is 10.7. The summed E-state index contributed by atoms with van der Waals surface area (Å²) in [6.45, 7) is 6.92. The van der Waals surface area contributed by atoms with Crippen LogP contribution < -0.4 is 0 Å². The summed E-state index contributed by atoms with van der Waals surface area (Å²) >= 11 is 1.17. The van der Waals surface area contributed by atoms with Gasteiger partial charge in [0.05, 0.1) is 6.61 Å². The van der Waals surface area contributed by atoms with Gasteiger partial charge in [0.1, 0.15) is 5.40 Å². The lowest BCUT2D eigenvalue weighted by Crippen LogP contribution is -2.33. The average molecular weight is 812 g/mol. The quantitative estimate of drug-likeness (QED) is 0.0197. The van der Waals surface area contributed by atoms with Crippen LogP contribution in [-0.2, 0) is 27.9 Å². The van der Waals surface area contributed by atoms with Crippen LogP contribution in [0.25, 0.3) is 0 Å². The number of thioether (sulfide) groups is 1. The van der Waals surface area contributed by atoms with Crippen LogP contribution in [0.5, 0.6) is 0 Å². The lowest BCUT2D eigenvalue weighted by Gasteiger charge is -2.17. The first-order valence-corrected chi connectivity index (χ1v) is 26.1. The largest absolute Gasteiger partial charge is 0.647 e. The molecule has 55 heavy (non-hydrogen) atoms. The van der Waals surface area contributed by atoms with Crippen molar-refractivity contribution < 1.29 is 27.9 Å². The minimum atomic E-state index is -3.17. The zero-order chi connectivity index (χ0) is 40.1. The van der Waals surface area contributed by atoms with Crippen LogP contribution in [0, 0.1) is 10.7 Å². The second-order valence-electron chi connectivity index (χ2n) is 16.1. The molecule has 0 N–H and O–H groups in total. The third-order valence-corrected chi connectivity index (χ3v) is 12.7. The lowest BCUT2D eigenvalue weighted by molar-refractivity contribution is -0.238. The number of rotatable bonds is 45. The first-order chi connectivity index (χ1) is 27.1. The molecule has 0 aromatic rings. The maximum Gasteiger partial charge on any atom is 0.647 e. The normalized spacial score (nSPS) is 11.9. The lowest BCUT2D eigenvalue weighted by atomic mass is 10.0. The molecule has 0 rings (SSSR count). The molecule has 0 aliphatic heterocycles. The summed E-state index contributed by atoms with van der Waals surface area (Å²) < 4.78 is 16.6. The summed E-state index contributed by atoms with van der Waals surface area (Å²) in [4.78, 5) is 31.0. The number of thiocyanates is 1. The summed E-state index contributed by atoms with van der Waals surface area (Å²) in [6, 6.07) is 0. The molecule has 0 fully saturated rings. The van der Waals surface area contributed by atoms with E-state index in [-0.39, 0.29) is 24.7 Å². The van der Waals surface area contributed by atoms with E-state index in [4.69, 9.17) is 18.3 Å². The van der Waals surface area contributed by atoms with Crippen molar-refractivity contribution in [3.63, 3.8) is 0 Å². The standard InChI is InChI=1S/C46H89NO6SSi/c1-4-7-10-13-15-17-19-21-23-25-27-29-31-34-37-40-45(48)51-55(53-50-42-44(54-43-47)39-36-33-12-9-6-3)52-46(49)41-38-35-32-30-28-26-24-22-20-18-16-14-11-8-5-2/h44,55H,4-42H2,1-3H3. The molecule has 0 bridgehead atoms. The minimum Gasteiger partial charge on any atom is -0.465 e. The number of nitriles is 1. The van der Waals surface area contributed by atoms with Gasteiger partial charge in [0, 0.05) is 18.1 Å². The van der Waals surface area contributed by atoms with Crippen molar-refractivity contribution in [2.75, 3.05) is 6.61 Å².